The average Bonchev–Trinajstić information content (AvgIpc) is 2.65. The molecule has 12 nitrogen and oxygen atoms in total. The molecule has 1 atom stereocenters. The number of hydrogen-bond acceptors (Lipinski definition) is 9. The van der Waals surface area contributed by atoms with E-state index in [1.807, 2.05) is 0 Å². The van der Waals surface area contributed by atoms with Crippen LogP contribution >= 0.6 is 0 Å². The van der Waals surface area contributed by atoms with Crippen molar-refractivity contribution >= 4 is 24.9 Å². The molecule has 0 fully saturated rings. The van der Waals surface area contributed by atoms with Gasteiger partial charge in [-0.1, -0.05) is 12.1 Å². The Morgan fingerprint density at radius 2 is 2.07 bits per heavy atom. The van der Waals surface area contributed by atoms with Gasteiger partial charge in [0.05, 0.1) is 24.6 Å². The Kier molecular flexibility index (Phi) is 7.42. The molecule has 1 aliphatic rings. The third kappa shape index (κ3) is 6.10. The van der Waals surface area contributed by atoms with Gasteiger partial charge < -0.3 is 41.9 Å². The molecule has 0 bridgehead atoms. The largest absolute Gasteiger partial charge is 0.547 e. The van der Waals surface area contributed by atoms with E-state index >= 15 is 0 Å². The van der Waals surface area contributed by atoms with Gasteiger partial charge in [-0.25, -0.2) is 10.6 Å². The van der Waals surface area contributed by atoms with Gasteiger partial charge in [0.25, 0.3) is 0 Å². The summed E-state index contributed by atoms with van der Waals surface area (Å²) < 4.78 is 5.31. The first kappa shape index (κ1) is 22.0. The first-order valence-electron chi connectivity index (χ1n) is 8.64. The smallest absolute Gasteiger partial charge is 0.534 e. The van der Waals surface area contributed by atoms with E-state index < -0.39 is 24.9 Å². The van der Waals surface area contributed by atoms with E-state index in [-0.39, 0.29) is 49.0 Å². The first-order valence-corrected chi connectivity index (χ1v) is 8.64. The average molecular weight is 406 g/mol. The van der Waals surface area contributed by atoms with E-state index in [2.05, 4.69) is 10.6 Å². The van der Waals surface area contributed by atoms with Crippen molar-refractivity contribution in [1.29, 1.82) is 0 Å². The molecule has 1 unspecified atom stereocenters. The van der Waals surface area contributed by atoms with E-state index in [1.165, 1.54) is 12.3 Å². The number of nitrogens with two attached hydrogens (primary N) is 3. The Morgan fingerprint density at radius 1 is 1.34 bits per heavy atom. The number of nitrogens with one attached hydrogen (secondary N) is 2. The second kappa shape index (κ2) is 9.77. The number of rotatable bonds is 8. The Balaban J connectivity index is 1.93. The van der Waals surface area contributed by atoms with Crippen LogP contribution < -0.4 is 32.6 Å². The van der Waals surface area contributed by atoms with E-state index in [0.29, 0.717) is 5.56 Å². The molecule has 10 N–H and O–H groups in total. The molecule has 0 radical (unpaired) electrons. The molecule has 0 spiro atoms. The quantitative estimate of drug-likeness (QED) is 0.131. The van der Waals surface area contributed by atoms with Gasteiger partial charge in [0.1, 0.15) is 12.3 Å². The first-order chi connectivity index (χ1) is 13.7. The second-order valence-corrected chi connectivity index (χ2v) is 6.34. The van der Waals surface area contributed by atoms with Crippen LogP contribution in [0.25, 0.3) is 0 Å². The lowest BCUT2D eigenvalue weighted by Gasteiger charge is -2.29. The van der Waals surface area contributed by atoms with Gasteiger partial charge in [0.2, 0.25) is 11.8 Å². The lowest BCUT2D eigenvalue weighted by atomic mass is 9.72. The number of para-hydroxylation sites is 1. The maximum absolute atomic E-state index is 12.2. The lowest BCUT2D eigenvalue weighted by Crippen LogP contribution is -2.55. The Hall–Kier alpha value is -3.29. The van der Waals surface area contributed by atoms with Crippen LogP contribution in [0.5, 0.6) is 5.75 Å². The van der Waals surface area contributed by atoms with E-state index in [9.17, 15) is 24.5 Å². The van der Waals surface area contributed by atoms with Crippen LogP contribution in [0.2, 0.25) is 0 Å². The number of carboxylic acid groups (broad SMARTS) is 1. The topological polar surface area (TPSA) is 206 Å². The van der Waals surface area contributed by atoms with Crippen LogP contribution in [0.3, 0.4) is 0 Å². The zero-order chi connectivity index (χ0) is 21.6. The van der Waals surface area contributed by atoms with Gasteiger partial charge in [-0.3, -0.25) is 9.59 Å². The minimum atomic E-state index is -1.43. The number of carbonyl (C=O) groups excluding carboxylic acids is 2. The standard InChI is InChI=1S/C16H23BN6O6/c18-5-13(24)21-6-10(19)7-23(20)8-14(25)22-12-4-9-2-1-3-11(16(26)27)15(9)29-17(12)28/h1-3,7,12,28H,4-6,8,18-20H2,(H,21,24)(H,22,25)(H,26,27)/b10-7-. The van der Waals surface area contributed by atoms with Crippen molar-refractivity contribution in [3.8, 4) is 5.75 Å². The molecule has 1 aliphatic heterocycles. The lowest BCUT2D eigenvalue weighted by molar-refractivity contribution is -0.122. The summed E-state index contributed by atoms with van der Waals surface area (Å²) in [6.07, 6.45) is 1.45. The minimum absolute atomic E-state index is 0.0171. The van der Waals surface area contributed by atoms with Crippen molar-refractivity contribution in [2.75, 3.05) is 19.6 Å². The van der Waals surface area contributed by atoms with E-state index in [0.717, 1.165) is 5.01 Å². The molecule has 0 aromatic heterocycles. The van der Waals surface area contributed by atoms with E-state index in [1.54, 1.807) is 12.1 Å². The van der Waals surface area contributed by atoms with Gasteiger partial charge in [-0.2, -0.15) is 0 Å². The number of fused-ring (bicyclic) bond motifs is 1. The third-order valence-electron chi connectivity index (χ3n) is 4.03. The molecule has 2 amide bonds. The number of hydrogen-bond donors (Lipinski definition) is 7. The maximum Gasteiger partial charge on any atom is 0.547 e. The highest BCUT2D eigenvalue weighted by molar-refractivity contribution is 6.47. The highest BCUT2D eigenvalue weighted by Crippen LogP contribution is 2.30. The SMILES string of the molecule is NCC(=O)NC/C(N)=C/N(N)CC(=O)NC1Cc2cccc(C(=O)O)c2OB1O. The molecule has 1 heterocycles. The highest BCUT2D eigenvalue weighted by Gasteiger charge is 2.37. The van der Waals surface area contributed by atoms with E-state index in [4.69, 9.17) is 22.0 Å². The molecule has 0 saturated carbocycles. The predicted octanol–water partition coefficient (Wildman–Crippen LogP) is -3.13. The molecular weight excluding hydrogens is 383 g/mol. The van der Waals surface area contributed by atoms with Crippen molar-refractivity contribution in [3.05, 3.63) is 41.2 Å². The fraction of sp³-hybridized carbons (Fsp3) is 0.312. The monoisotopic (exact) mass is 406 g/mol. The molecule has 29 heavy (non-hydrogen) atoms. The molecule has 0 aliphatic carbocycles. The Labute approximate surface area is 166 Å². The number of carboxylic acids is 1. The van der Waals surface area contributed by atoms with Gasteiger partial charge in [0.15, 0.2) is 0 Å². The molecule has 1 aromatic carbocycles. The van der Waals surface area contributed by atoms with Crippen LogP contribution in [0.1, 0.15) is 15.9 Å². The number of carbonyl (C=O) groups is 3. The van der Waals surface area contributed by atoms with Gasteiger partial charge in [0, 0.05) is 11.9 Å². The summed E-state index contributed by atoms with van der Waals surface area (Å²) in [4.78, 5) is 34.5. The van der Waals surface area contributed by atoms with Gasteiger partial charge in [-0.05, 0) is 18.1 Å². The Bertz CT molecular complexity index is 819. The van der Waals surface area contributed by atoms with Gasteiger partial charge in [-0.15, -0.1) is 0 Å². The van der Waals surface area contributed by atoms with Crippen LogP contribution in [-0.2, 0) is 16.0 Å². The van der Waals surface area contributed by atoms with Crippen molar-refractivity contribution < 1.29 is 29.2 Å². The summed E-state index contributed by atoms with van der Waals surface area (Å²) >= 11 is 0. The third-order valence-corrected chi connectivity index (χ3v) is 4.03. The summed E-state index contributed by atoms with van der Waals surface area (Å²) in [7, 11) is -1.43. The maximum atomic E-state index is 12.2. The summed E-state index contributed by atoms with van der Waals surface area (Å²) in [6, 6.07) is 4.58. The fourth-order valence-electron chi connectivity index (χ4n) is 2.71. The van der Waals surface area contributed by atoms with Crippen molar-refractivity contribution in [2.24, 2.45) is 17.3 Å². The fourth-order valence-corrected chi connectivity index (χ4v) is 2.71. The summed E-state index contributed by atoms with van der Waals surface area (Å²) in [5.41, 5.74) is 11.5. The molecule has 0 saturated heterocycles. The highest BCUT2D eigenvalue weighted by atomic mass is 16.5. The van der Waals surface area contributed by atoms with Crippen LogP contribution in [0, 0.1) is 0 Å². The number of nitrogens with zero attached hydrogens (tertiary/aromatic N) is 1. The summed E-state index contributed by atoms with van der Waals surface area (Å²) in [5, 5.41) is 25.4. The van der Waals surface area contributed by atoms with Crippen molar-refractivity contribution in [1.82, 2.24) is 15.6 Å². The normalized spacial score (nSPS) is 15.8. The zero-order valence-electron chi connectivity index (χ0n) is 15.5. The number of amides is 2. The molecular formula is C16H23BN6O6. The van der Waals surface area contributed by atoms with Crippen molar-refractivity contribution in [2.45, 2.75) is 12.4 Å². The number of aromatic carboxylic acids is 1. The van der Waals surface area contributed by atoms with Crippen LogP contribution in [-0.4, -0.2) is 65.6 Å². The molecule has 2 rings (SSSR count). The molecule has 1 aromatic rings. The number of hydrazine groups is 1. The van der Waals surface area contributed by atoms with Crippen molar-refractivity contribution in [3.63, 3.8) is 0 Å². The second-order valence-electron chi connectivity index (χ2n) is 6.34. The number of benzene rings is 1. The zero-order valence-corrected chi connectivity index (χ0v) is 15.5. The predicted molar refractivity (Wildman–Crippen MR) is 103 cm³/mol. The minimum Gasteiger partial charge on any atom is -0.534 e. The summed E-state index contributed by atoms with van der Waals surface area (Å²) in [6.45, 7) is -0.440. The molecule has 13 heteroatoms. The summed E-state index contributed by atoms with van der Waals surface area (Å²) in [5.74, 6) is 2.90. The van der Waals surface area contributed by atoms with Crippen LogP contribution in [0.15, 0.2) is 30.1 Å². The Morgan fingerprint density at radius 3 is 2.72 bits per heavy atom. The van der Waals surface area contributed by atoms with Gasteiger partial charge >= 0.3 is 13.1 Å². The molecule has 156 valence electrons. The van der Waals surface area contributed by atoms with Crippen LogP contribution in [0.4, 0.5) is 0 Å².